The van der Waals surface area contributed by atoms with Crippen molar-refractivity contribution in [2.24, 2.45) is 0 Å². The van der Waals surface area contributed by atoms with Crippen LogP contribution < -0.4 is 11.1 Å². The van der Waals surface area contributed by atoms with Crippen molar-refractivity contribution in [3.05, 3.63) is 18.5 Å². The fourth-order valence-electron chi connectivity index (χ4n) is 1.58. The van der Waals surface area contributed by atoms with Gasteiger partial charge in [0, 0.05) is 26.5 Å². The van der Waals surface area contributed by atoms with Crippen LogP contribution in [0.25, 0.3) is 5.95 Å². The maximum atomic E-state index is 11.8. The molecule has 0 bridgehead atoms. The molecule has 0 saturated carbocycles. The molecule has 0 saturated heterocycles. The van der Waals surface area contributed by atoms with E-state index in [1.807, 2.05) is 0 Å². The van der Waals surface area contributed by atoms with E-state index in [0.717, 1.165) is 0 Å². The summed E-state index contributed by atoms with van der Waals surface area (Å²) in [6.45, 7) is 1.72. The van der Waals surface area contributed by atoms with Gasteiger partial charge in [-0.1, -0.05) is 0 Å². The number of hydrogen-bond donors (Lipinski definition) is 2. The molecule has 2 rings (SSSR count). The second-order valence-electron chi connectivity index (χ2n) is 4.37. The van der Waals surface area contributed by atoms with Gasteiger partial charge in [-0.25, -0.2) is 4.68 Å². The number of aromatic nitrogens is 5. The lowest BCUT2D eigenvalue weighted by molar-refractivity contribution is -0.129. The molecule has 2 heterocycles. The number of likely N-dealkylation sites (N-methyl/N-ethyl adjacent to an activating group) is 1. The fourth-order valence-corrected chi connectivity index (χ4v) is 1.58. The lowest BCUT2D eigenvalue weighted by Gasteiger charge is -2.18. The van der Waals surface area contributed by atoms with Crippen molar-refractivity contribution in [2.45, 2.75) is 13.0 Å². The van der Waals surface area contributed by atoms with Crippen LogP contribution in [0.1, 0.15) is 6.92 Å². The van der Waals surface area contributed by atoms with Gasteiger partial charge < -0.3 is 16.0 Å². The summed E-state index contributed by atoms with van der Waals surface area (Å²) in [5.74, 6) is 0.474. The van der Waals surface area contributed by atoms with Crippen molar-refractivity contribution in [3.63, 3.8) is 0 Å². The zero-order chi connectivity index (χ0) is 14.7. The van der Waals surface area contributed by atoms with Gasteiger partial charge in [0.2, 0.25) is 17.8 Å². The highest BCUT2D eigenvalue weighted by molar-refractivity contribution is 5.83. The first-order valence-electron chi connectivity index (χ1n) is 5.96. The largest absolute Gasteiger partial charge is 0.368 e. The van der Waals surface area contributed by atoms with Gasteiger partial charge in [-0.15, -0.1) is 0 Å². The number of carbonyl (C=O) groups excluding carboxylic acids is 1. The molecule has 2 aromatic rings. The Hall–Kier alpha value is -2.71. The lowest BCUT2D eigenvalue weighted by Crippen LogP contribution is -2.37. The highest BCUT2D eigenvalue weighted by atomic mass is 16.2. The quantitative estimate of drug-likeness (QED) is 0.775. The number of hydrogen-bond acceptors (Lipinski definition) is 7. The Balaban J connectivity index is 2.23. The third-order valence-electron chi connectivity index (χ3n) is 2.51. The van der Waals surface area contributed by atoms with Crippen molar-refractivity contribution in [3.8, 4) is 5.95 Å². The molecule has 9 nitrogen and oxygen atoms in total. The Morgan fingerprint density at radius 2 is 2.15 bits per heavy atom. The smallest absolute Gasteiger partial charge is 0.257 e. The molecule has 3 N–H and O–H groups in total. The summed E-state index contributed by atoms with van der Waals surface area (Å²) in [5, 5.41) is 6.91. The maximum Gasteiger partial charge on any atom is 0.257 e. The molecular weight excluding hydrogens is 260 g/mol. The van der Waals surface area contributed by atoms with E-state index in [1.54, 1.807) is 39.5 Å². The fraction of sp³-hybridized carbons (Fsp3) is 0.364. The summed E-state index contributed by atoms with van der Waals surface area (Å²) in [6.07, 6.45) is 3.29. The molecule has 20 heavy (non-hydrogen) atoms. The van der Waals surface area contributed by atoms with Gasteiger partial charge in [-0.05, 0) is 13.0 Å². The van der Waals surface area contributed by atoms with Crippen molar-refractivity contribution < 1.29 is 4.79 Å². The molecule has 0 aliphatic carbocycles. The Bertz CT molecular complexity index is 594. The Morgan fingerprint density at radius 3 is 2.75 bits per heavy atom. The molecule has 0 radical (unpaired) electrons. The van der Waals surface area contributed by atoms with Gasteiger partial charge >= 0.3 is 0 Å². The minimum absolute atomic E-state index is 0.0532. The first kappa shape index (κ1) is 13.7. The van der Waals surface area contributed by atoms with Crippen LogP contribution in [0.5, 0.6) is 0 Å². The molecule has 0 spiro atoms. The molecule has 2 aromatic heterocycles. The molecule has 106 valence electrons. The zero-order valence-corrected chi connectivity index (χ0v) is 11.5. The van der Waals surface area contributed by atoms with Gasteiger partial charge in [0.15, 0.2) is 0 Å². The molecule has 0 fully saturated rings. The van der Waals surface area contributed by atoms with Crippen LogP contribution in [0, 0.1) is 0 Å². The molecular formula is C11H16N8O. The summed E-state index contributed by atoms with van der Waals surface area (Å²) < 4.78 is 1.46. The van der Waals surface area contributed by atoms with E-state index in [-0.39, 0.29) is 23.8 Å². The van der Waals surface area contributed by atoms with Crippen LogP contribution in [-0.2, 0) is 4.79 Å². The van der Waals surface area contributed by atoms with Gasteiger partial charge in [0.25, 0.3) is 5.95 Å². The number of nitrogens with one attached hydrogen (secondary N) is 1. The van der Waals surface area contributed by atoms with Crippen LogP contribution in [-0.4, -0.2) is 55.7 Å². The van der Waals surface area contributed by atoms with Crippen molar-refractivity contribution in [2.75, 3.05) is 25.1 Å². The summed E-state index contributed by atoms with van der Waals surface area (Å²) in [5.41, 5.74) is 5.64. The molecule has 0 aromatic carbocycles. The number of rotatable bonds is 4. The van der Waals surface area contributed by atoms with Crippen LogP contribution >= 0.6 is 0 Å². The summed E-state index contributed by atoms with van der Waals surface area (Å²) >= 11 is 0. The average molecular weight is 276 g/mol. The normalized spacial score (nSPS) is 11.9. The maximum absolute atomic E-state index is 11.8. The van der Waals surface area contributed by atoms with E-state index in [0.29, 0.717) is 0 Å². The van der Waals surface area contributed by atoms with Crippen molar-refractivity contribution >= 4 is 17.8 Å². The first-order valence-corrected chi connectivity index (χ1v) is 5.96. The summed E-state index contributed by atoms with van der Waals surface area (Å²) in [4.78, 5) is 25.4. The average Bonchev–Trinajstić information content (AvgIpc) is 2.90. The van der Waals surface area contributed by atoms with Crippen LogP contribution in [0.15, 0.2) is 18.5 Å². The van der Waals surface area contributed by atoms with Crippen molar-refractivity contribution in [1.29, 1.82) is 0 Å². The number of nitrogens with zero attached hydrogens (tertiary/aromatic N) is 6. The number of anilines is 2. The second kappa shape index (κ2) is 5.51. The zero-order valence-electron chi connectivity index (χ0n) is 11.5. The molecule has 1 atom stereocenters. The SMILES string of the molecule is CC(Nc1nc(N)nc(-n2cccn2)n1)C(=O)N(C)C. The van der Waals surface area contributed by atoms with Crippen molar-refractivity contribution in [1.82, 2.24) is 29.6 Å². The van der Waals surface area contributed by atoms with E-state index in [9.17, 15) is 4.79 Å². The third-order valence-corrected chi connectivity index (χ3v) is 2.51. The molecule has 9 heteroatoms. The van der Waals surface area contributed by atoms with Crippen LogP contribution in [0.3, 0.4) is 0 Å². The Kier molecular flexibility index (Phi) is 3.78. The van der Waals surface area contributed by atoms with Gasteiger partial charge in [-0.3, -0.25) is 4.79 Å². The van der Waals surface area contributed by atoms with E-state index >= 15 is 0 Å². The molecule has 0 aliphatic rings. The molecule has 0 aliphatic heterocycles. The number of carbonyl (C=O) groups is 1. The lowest BCUT2D eigenvalue weighted by atomic mass is 10.3. The van der Waals surface area contributed by atoms with E-state index in [4.69, 9.17) is 5.73 Å². The van der Waals surface area contributed by atoms with E-state index in [1.165, 1.54) is 9.58 Å². The highest BCUT2D eigenvalue weighted by Crippen LogP contribution is 2.08. The first-order chi connectivity index (χ1) is 9.47. The van der Waals surface area contributed by atoms with Crippen LogP contribution in [0.4, 0.5) is 11.9 Å². The number of nitrogen functional groups attached to an aromatic ring is 1. The minimum Gasteiger partial charge on any atom is -0.368 e. The van der Waals surface area contributed by atoms with Gasteiger partial charge in [0.05, 0.1) is 0 Å². The number of amides is 1. The third kappa shape index (κ3) is 2.99. The number of nitrogens with two attached hydrogens (primary N) is 1. The standard InChI is InChI=1S/C11H16N8O/c1-7(8(20)18(2)3)14-10-15-9(12)16-11(17-10)19-6-4-5-13-19/h4-7H,1-3H3,(H3,12,14,15,16,17). The molecule has 1 unspecified atom stereocenters. The second-order valence-corrected chi connectivity index (χ2v) is 4.37. The minimum atomic E-state index is -0.475. The summed E-state index contributed by atoms with van der Waals surface area (Å²) in [6, 6.07) is 1.27. The predicted molar refractivity (Wildman–Crippen MR) is 73.1 cm³/mol. The Labute approximate surface area is 115 Å². The monoisotopic (exact) mass is 276 g/mol. The predicted octanol–water partition coefficient (Wildman–Crippen LogP) is -0.472. The van der Waals surface area contributed by atoms with Gasteiger partial charge in [0.1, 0.15) is 6.04 Å². The van der Waals surface area contributed by atoms with E-state index in [2.05, 4.69) is 25.4 Å². The Morgan fingerprint density at radius 1 is 1.40 bits per heavy atom. The van der Waals surface area contributed by atoms with Crippen LogP contribution in [0.2, 0.25) is 0 Å². The highest BCUT2D eigenvalue weighted by Gasteiger charge is 2.16. The molecule has 1 amide bonds. The van der Waals surface area contributed by atoms with Gasteiger partial charge in [-0.2, -0.15) is 20.1 Å². The topological polar surface area (TPSA) is 115 Å². The van der Waals surface area contributed by atoms with E-state index < -0.39 is 6.04 Å². The summed E-state index contributed by atoms with van der Waals surface area (Å²) in [7, 11) is 3.36.